The summed E-state index contributed by atoms with van der Waals surface area (Å²) in [5, 5.41) is 4.46. The van der Waals surface area contributed by atoms with Crippen LogP contribution in [0.2, 0.25) is 10.0 Å². The average Bonchev–Trinajstić information content (AvgIpc) is 2.98. The van der Waals surface area contributed by atoms with E-state index >= 15 is 0 Å². The number of aromatic nitrogens is 1. The Labute approximate surface area is 132 Å². The third-order valence-electron chi connectivity index (χ3n) is 3.11. The number of allylic oxidation sites excluding steroid dienone is 2. The monoisotopic (exact) mass is 322 g/mol. The van der Waals surface area contributed by atoms with E-state index in [1.165, 1.54) is 5.57 Å². The van der Waals surface area contributed by atoms with Crippen molar-refractivity contribution in [1.29, 1.82) is 0 Å². The normalized spacial score (nSPS) is 14.5. The van der Waals surface area contributed by atoms with Crippen molar-refractivity contribution in [3.8, 4) is 0 Å². The molecule has 0 N–H and O–H groups in total. The summed E-state index contributed by atoms with van der Waals surface area (Å²) in [5.41, 5.74) is 2.13. The van der Waals surface area contributed by atoms with E-state index in [0.29, 0.717) is 16.6 Å². The molecule has 0 saturated heterocycles. The molecule has 0 fully saturated rings. The molecule has 1 aromatic heterocycles. The van der Waals surface area contributed by atoms with E-state index in [0.717, 1.165) is 17.1 Å². The van der Waals surface area contributed by atoms with Crippen molar-refractivity contribution in [3.05, 3.63) is 68.7 Å². The molecule has 1 aromatic carbocycles. The van der Waals surface area contributed by atoms with Crippen molar-refractivity contribution in [2.45, 2.75) is 6.54 Å². The molecule has 2 aromatic rings. The van der Waals surface area contributed by atoms with Gasteiger partial charge < -0.3 is 4.90 Å². The van der Waals surface area contributed by atoms with Gasteiger partial charge in [-0.1, -0.05) is 35.3 Å². The van der Waals surface area contributed by atoms with Crippen molar-refractivity contribution in [2.24, 2.45) is 0 Å². The second-order valence-electron chi connectivity index (χ2n) is 4.44. The van der Waals surface area contributed by atoms with E-state index < -0.39 is 0 Å². The van der Waals surface area contributed by atoms with Gasteiger partial charge >= 0.3 is 0 Å². The Balaban J connectivity index is 1.72. The molecule has 1 aliphatic rings. The first-order chi connectivity index (χ1) is 9.74. The Hall–Kier alpha value is -1.29. The van der Waals surface area contributed by atoms with E-state index in [-0.39, 0.29) is 0 Å². The summed E-state index contributed by atoms with van der Waals surface area (Å²) in [6, 6.07) is 5.60. The molecule has 0 radical (unpaired) electrons. The number of nitrogens with zero attached hydrogens (tertiary/aromatic N) is 2. The Morgan fingerprint density at radius 1 is 1.25 bits per heavy atom. The largest absolute Gasteiger partial charge is 0.369 e. The molecule has 2 heterocycles. The lowest BCUT2D eigenvalue weighted by Gasteiger charge is -2.23. The molecule has 0 spiro atoms. The van der Waals surface area contributed by atoms with Crippen molar-refractivity contribution in [2.75, 3.05) is 6.54 Å². The van der Waals surface area contributed by atoms with E-state index in [1.54, 1.807) is 11.3 Å². The predicted octanol–water partition coefficient (Wildman–Crippen LogP) is 4.86. The molecule has 0 unspecified atom stereocenters. The molecule has 0 atom stereocenters. The van der Waals surface area contributed by atoms with Gasteiger partial charge in [0.15, 0.2) is 0 Å². The van der Waals surface area contributed by atoms with Gasteiger partial charge in [-0.3, -0.25) is 0 Å². The van der Waals surface area contributed by atoms with Gasteiger partial charge in [0.2, 0.25) is 0 Å². The smallest absolute Gasteiger partial charge is 0.123 e. The number of thiazole rings is 1. The molecular weight excluding hydrogens is 311 g/mol. The number of halogens is 2. The van der Waals surface area contributed by atoms with Crippen LogP contribution < -0.4 is 0 Å². The topological polar surface area (TPSA) is 16.1 Å². The van der Waals surface area contributed by atoms with Gasteiger partial charge in [0.25, 0.3) is 0 Å². The van der Waals surface area contributed by atoms with Crippen LogP contribution in [0.1, 0.15) is 10.6 Å². The van der Waals surface area contributed by atoms with Crippen LogP contribution in [-0.4, -0.2) is 16.4 Å². The SMILES string of the molecule is Clc1cccc(Cl)c1CN1C=CC(c2nccs2)=CC1. The van der Waals surface area contributed by atoms with E-state index in [2.05, 4.69) is 28.2 Å². The fourth-order valence-corrected chi connectivity index (χ4v) is 3.24. The van der Waals surface area contributed by atoms with Crippen LogP contribution in [0.15, 0.2) is 48.1 Å². The van der Waals surface area contributed by atoms with E-state index in [9.17, 15) is 0 Å². The Morgan fingerprint density at radius 3 is 2.65 bits per heavy atom. The maximum Gasteiger partial charge on any atom is 0.123 e. The molecule has 0 saturated carbocycles. The Kier molecular flexibility index (Phi) is 4.10. The molecule has 0 amide bonds. The number of hydrogen-bond acceptors (Lipinski definition) is 3. The summed E-state index contributed by atoms with van der Waals surface area (Å²) in [6.07, 6.45) is 8.14. The fourth-order valence-electron chi connectivity index (χ4n) is 2.06. The van der Waals surface area contributed by atoms with Gasteiger partial charge in [0, 0.05) is 52.0 Å². The zero-order chi connectivity index (χ0) is 13.9. The minimum Gasteiger partial charge on any atom is -0.369 e. The third kappa shape index (κ3) is 2.90. The molecule has 5 heteroatoms. The molecule has 0 bridgehead atoms. The highest BCUT2D eigenvalue weighted by Crippen LogP contribution is 2.27. The average molecular weight is 323 g/mol. The van der Waals surface area contributed by atoms with Crippen LogP contribution in [-0.2, 0) is 6.54 Å². The second-order valence-corrected chi connectivity index (χ2v) is 6.15. The zero-order valence-corrected chi connectivity index (χ0v) is 12.9. The van der Waals surface area contributed by atoms with Crippen LogP contribution in [0.4, 0.5) is 0 Å². The number of hydrogen-bond donors (Lipinski definition) is 0. The molecule has 102 valence electrons. The minimum atomic E-state index is 0.705. The highest BCUT2D eigenvalue weighted by atomic mass is 35.5. The van der Waals surface area contributed by atoms with Gasteiger partial charge in [-0.05, 0) is 18.2 Å². The van der Waals surface area contributed by atoms with Gasteiger partial charge in [-0.2, -0.15) is 0 Å². The highest BCUT2D eigenvalue weighted by Gasteiger charge is 2.12. The molecule has 0 aliphatic carbocycles. The summed E-state index contributed by atoms with van der Waals surface area (Å²) >= 11 is 14.0. The van der Waals surface area contributed by atoms with E-state index in [1.807, 2.05) is 29.8 Å². The zero-order valence-electron chi connectivity index (χ0n) is 10.6. The van der Waals surface area contributed by atoms with Crippen LogP contribution in [0.25, 0.3) is 5.57 Å². The lowest BCUT2D eigenvalue weighted by Crippen LogP contribution is -2.19. The lowest BCUT2D eigenvalue weighted by molar-refractivity contribution is 0.406. The third-order valence-corrected chi connectivity index (χ3v) is 4.64. The van der Waals surface area contributed by atoms with E-state index in [4.69, 9.17) is 23.2 Å². The van der Waals surface area contributed by atoms with Crippen molar-refractivity contribution in [1.82, 2.24) is 9.88 Å². The number of rotatable bonds is 3. The molecular formula is C15H12Cl2N2S. The number of benzene rings is 1. The quantitative estimate of drug-likeness (QED) is 0.802. The molecule has 20 heavy (non-hydrogen) atoms. The summed E-state index contributed by atoms with van der Waals surface area (Å²) in [6.45, 7) is 1.53. The van der Waals surface area contributed by atoms with Crippen LogP contribution in [0.3, 0.4) is 0 Å². The highest BCUT2D eigenvalue weighted by molar-refractivity contribution is 7.10. The second kappa shape index (κ2) is 6.00. The molecule has 2 nitrogen and oxygen atoms in total. The molecule has 3 rings (SSSR count). The van der Waals surface area contributed by atoms with Gasteiger partial charge in [0.1, 0.15) is 5.01 Å². The standard InChI is InChI=1S/C15H12Cl2N2S/c16-13-2-1-3-14(17)12(13)10-19-7-4-11(5-8-19)15-18-6-9-20-15/h1-7,9H,8,10H2. The van der Waals surface area contributed by atoms with Crippen LogP contribution >= 0.6 is 34.5 Å². The maximum absolute atomic E-state index is 6.20. The van der Waals surface area contributed by atoms with Gasteiger partial charge in [0.05, 0.1) is 0 Å². The van der Waals surface area contributed by atoms with Crippen LogP contribution in [0, 0.1) is 0 Å². The Bertz CT molecular complexity index is 642. The van der Waals surface area contributed by atoms with Gasteiger partial charge in [-0.25, -0.2) is 4.98 Å². The molecule has 1 aliphatic heterocycles. The summed E-state index contributed by atoms with van der Waals surface area (Å²) in [7, 11) is 0. The van der Waals surface area contributed by atoms with Crippen molar-refractivity contribution < 1.29 is 0 Å². The van der Waals surface area contributed by atoms with Gasteiger partial charge in [-0.15, -0.1) is 11.3 Å². The summed E-state index contributed by atoms with van der Waals surface area (Å²) in [5.74, 6) is 0. The first-order valence-corrected chi connectivity index (χ1v) is 7.83. The van der Waals surface area contributed by atoms with Crippen LogP contribution in [0.5, 0.6) is 0 Å². The summed E-state index contributed by atoms with van der Waals surface area (Å²) in [4.78, 5) is 6.49. The predicted molar refractivity (Wildman–Crippen MR) is 86.1 cm³/mol. The minimum absolute atomic E-state index is 0.705. The maximum atomic E-state index is 6.20. The lowest BCUT2D eigenvalue weighted by atomic mass is 10.1. The summed E-state index contributed by atoms with van der Waals surface area (Å²) < 4.78 is 0. The Morgan fingerprint density at radius 2 is 2.05 bits per heavy atom. The first-order valence-electron chi connectivity index (χ1n) is 6.19. The fraction of sp³-hybridized carbons (Fsp3) is 0.133. The first kappa shape index (κ1) is 13.7. The van der Waals surface area contributed by atoms with Crippen molar-refractivity contribution >= 4 is 40.1 Å². The van der Waals surface area contributed by atoms with Crippen molar-refractivity contribution in [3.63, 3.8) is 0 Å².